The van der Waals surface area contributed by atoms with Gasteiger partial charge in [0.2, 0.25) is 0 Å². The van der Waals surface area contributed by atoms with E-state index in [9.17, 15) is 19.5 Å². The van der Waals surface area contributed by atoms with Crippen molar-refractivity contribution in [1.29, 1.82) is 0 Å². The Hall–Kier alpha value is -3.39. The number of likely N-dealkylation sites (tertiary alicyclic amines) is 1. The molecule has 8 heteroatoms. The molecule has 0 aliphatic carbocycles. The average molecular weight is 497 g/mol. The molecular formula is C28H36N2O6. The van der Waals surface area contributed by atoms with E-state index in [4.69, 9.17) is 9.47 Å². The Bertz CT molecular complexity index is 1010. The molecule has 3 rings (SSSR count). The summed E-state index contributed by atoms with van der Waals surface area (Å²) in [4.78, 5) is 40.3. The van der Waals surface area contributed by atoms with E-state index in [0.717, 1.165) is 17.5 Å². The van der Waals surface area contributed by atoms with E-state index in [1.165, 1.54) is 4.90 Å². The van der Waals surface area contributed by atoms with Gasteiger partial charge >= 0.3 is 12.1 Å². The van der Waals surface area contributed by atoms with Gasteiger partial charge in [-0.15, -0.1) is 0 Å². The number of benzene rings is 2. The van der Waals surface area contributed by atoms with Gasteiger partial charge in [-0.3, -0.25) is 4.79 Å². The van der Waals surface area contributed by atoms with E-state index in [0.29, 0.717) is 19.4 Å². The van der Waals surface area contributed by atoms with Gasteiger partial charge in [0.25, 0.3) is 5.91 Å². The highest BCUT2D eigenvalue weighted by atomic mass is 16.6. The molecule has 8 nitrogen and oxygen atoms in total. The van der Waals surface area contributed by atoms with Gasteiger partial charge in [-0.2, -0.15) is 0 Å². The van der Waals surface area contributed by atoms with Crippen LogP contribution < -0.4 is 5.32 Å². The highest BCUT2D eigenvalue weighted by Gasteiger charge is 2.40. The number of ether oxygens (including phenoxy) is 2. The molecule has 0 bridgehead atoms. The summed E-state index contributed by atoms with van der Waals surface area (Å²) < 4.78 is 10.9. The number of carbonyl (C=O) groups is 3. The minimum absolute atomic E-state index is 0.0572. The first kappa shape index (κ1) is 27.2. The largest absolute Gasteiger partial charge is 0.458 e. The molecule has 1 fully saturated rings. The Balaban J connectivity index is 1.73. The number of amides is 2. The maximum Gasteiger partial charge on any atom is 0.407 e. The van der Waals surface area contributed by atoms with Crippen molar-refractivity contribution in [3.63, 3.8) is 0 Å². The molecule has 2 aromatic carbocycles. The lowest BCUT2D eigenvalue weighted by Gasteiger charge is -2.38. The topological polar surface area (TPSA) is 105 Å². The zero-order valence-corrected chi connectivity index (χ0v) is 21.2. The highest BCUT2D eigenvalue weighted by molar-refractivity contribution is 5.88. The average Bonchev–Trinajstić information content (AvgIpc) is 2.86. The van der Waals surface area contributed by atoms with Gasteiger partial charge in [0, 0.05) is 6.54 Å². The van der Waals surface area contributed by atoms with Gasteiger partial charge < -0.3 is 24.8 Å². The molecule has 3 atom stereocenters. The van der Waals surface area contributed by atoms with Gasteiger partial charge in [-0.05, 0) is 57.6 Å². The first-order chi connectivity index (χ1) is 17.1. The highest BCUT2D eigenvalue weighted by Crippen LogP contribution is 2.23. The van der Waals surface area contributed by atoms with E-state index in [-0.39, 0.29) is 13.0 Å². The van der Waals surface area contributed by atoms with Gasteiger partial charge in [-0.25, -0.2) is 9.59 Å². The Morgan fingerprint density at radius 2 is 1.61 bits per heavy atom. The molecule has 0 unspecified atom stereocenters. The lowest BCUT2D eigenvalue weighted by molar-refractivity contribution is -0.169. The van der Waals surface area contributed by atoms with E-state index in [1.54, 1.807) is 20.8 Å². The molecule has 1 aliphatic rings. The van der Waals surface area contributed by atoms with Crippen molar-refractivity contribution in [3.05, 3.63) is 71.8 Å². The molecule has 2 amide bonds. The zero-order valence-electron chi connectivity index (χ0n) is 21.2. The summed E-state index contributed by atoms with van der Waals surface area (Å²) in [6.45, 7) is 5.71. The van der Waals surface area contributed by atoms with Crippen LogP contribution in [-0.2, 0) is 32.1 Å². The van der Waals surface area contributed by atoms with Crippen LogP contribution in [0.2, 0.25) is 0 Å². The number of hydrogen-bond donors (Lipinski definition) is 2. The molecule has 0 aromatic heterocycles. The fourth-order valence-electron chi connectivity index (χ4n) is 4.18. The van der Waals surface area contributed by atoms with Crippen LogP contribution in [0.3, 0.4) is 0 Å². The van der Waals surface area contributed by atoms with Crippen molar-refractivity contribution in [1.82, 2.24) is 10.2 Å². The van der Waals surface area contributed by atoms with Gasteiger partial charge in [0.05, 0.1) is 6.04 Å². The summed E-state index contributed by atoms with van der Waals surface area (Å²) in [6.07, 6.45) is -0.149. The summed E-state index contributed by atoms with van der Waals surface area (Å²) in [6, 6.07) is 16.8. The molecule has 2 aromatic rings. The molecule has 1 saturated heterocycles. The van der Waals surface area contributed by atoms with Crippen LogP contribution >= 0.6 is 0 Å². The third-order valence-corrected chi connectivity index (χ3v) is 5.91. The predicted octanol–water partition coefficient (Wildman–Crippen LogP) is 3.61. The van der Waals surface area contributed by atoms with Crippen molar-refractivity contribution in [2.75, 3.05) is 6.54 Å². The molecule has 0 radical (unpaired) electrons. The number of aliphatic hydroxyl groups is 1. The minimum atomic E-state index is -1.57. The Morgan fingerprint density at radius 3 is 2.22 bits per heavy atom. The number of aliphatic hydroxyl groups excluding tert-OH is 1. The minimum Gasteiger partial charge on any atom is -0.458 e. The van der Waals surface area contributed by atoms with Crippen molar-refractivity contribution in [2.45, 2.75) is 76.9 Å². The molecule has 194 valence electrons. The maximum atomic E-state index is 13.4. The van der Waals surface area contributed by atoms with Crippen LogP contribution in [0.1, 0.15) is 51.2 Å². The summed E-state index contributed by atoms with van der Waals surface area (Å²) >= 11 is 0. The molecule has 0 spiro atoms. The second-order valence-corrected chi connectivity index (χ2v) is 10.0. The number of alkyl carbamates (subject to hydrolysis) is 1. The van der Waals surface area contributed by atoms with Crippen molar-refractivity contribution < 1.29 is 29.0 Å². The third kappa shape index (κ3) is 8.09. The first-order valence-corrected chi connectivity index (χ1v) is 12.4. The van der Waals surface area contributed by atoms with Crippen LogP contribution in [0.15, 0.2) is 60.7 Å². The Morgan fingerprint density at radius 1 is 1.00 bits per heavy atom. The number of carbonyl (C=O) groups excluding carboxylic acids is 3. The van der Waals surface area contributed by atoms with Crippen LogP contribution in [-0.4, -0.2) is 58.3 Å². The monoisotopic (exact) mass is 496 g/mol. The SMILES string of the molecule is CC(C)(C)OC(=O)[C@@H]1CCCCN1C(=O)[C@@H](O)[C@H](Cc1ccccc1)NC(=O)OCc1ccccc1. The molecular weight excluding hydrogens is 460 g/mol. The van der Waals surface area contributed by atoms with E-state index >= 15 is 0 Å². The van der Waals surface area contributed by atoms with Crippen LogP contribution in [0.5, 0.6) is 0 Å². The fraction of sp³-hybridized carbons (Fsp3) is 0.464. The smallest absolute Gasteiger partial charge is 0.407 e. The number of esters is 1. The van der Waals surface area contributed by atoms with Crippen molar-refractivity contribution in [3.8, 4) is 0 Å². The van der Waals surface area contributed by atoms with Crippen molar-refractivity contribution in [2.24, 2.45) is 0 Å². The Labute approximate surface area is 212 Å². The Kier molecular flexibility index (Phi) is 9.47. The first-order valence-electron chi connectivity index (χ1n) is 12.4. The quantitative estimate of drug-likeness (QED) is 0.541. The summed E-state index contributed by atoms with van der Waals surface area (Å²) in [5, 5.41) is 13.8. The van der Waals surface area contributed by atoms with E-state index in [1.807, 2.05) is 60.7 Å². The molecule has 0 saturated carbocycles. The number of rotatable bonds is 8. The standard InChI is InChI=1S/C28H36N2O6/c1-28(2,3)36-26(33)23-16-10-11-17-30(23)25(32)24(31)22(18-20-12-6-4-7-13-20)29-27(34)35-19-21-14-8-5-9-15-21/h4-9,12-15,22-24,31H,10-11,16-19H2,1-3H3,(H,29,34)/t22-,23-,24-/m0/s1. The number of nitrogens with zero attached hydrogens (tertiary/aromatic N) is 1. The summed E-state index contributed by atoms with van der Waals surface area (Å²) in [5.74, 6) is -1.10. The zero-order chi connectivity index (χ0) is 26.1. The van der Waals surface area contributed by atoms with Gasteiger partial charge in [-0.1, -0.05) is 60.7 Å². The summed E-state index contributed by atoms with van der Waals surface area (Å²) in [7, 11) is 0. The normalized spacial score (nSPS) is 17.6. The van der Waals surface area contributed by atoms with E-state index in [2.05, 4.69) is 5.32 Å². The second kappa shape index (κ2) is 12.5. The van der Waals surface area contributed by atoms with Crippen LogP contribution in [0, 0.1) is 0 Å². The third-order valence-electron chi connectivity index (χ3n) is 5.91. The summed E-state index contributed by atoms with van der Waals surface area (Å²) in [5.41, 5.74) is 0.958. The number of hydrogen-bond acceptors (Lipinski definition) is 6. The molecule has 1 aliphatic heterocycles. The van der Waals surface area contributed by atoms with Gasteiger partial charge in [0.1, 0.15) is 18.2 Å². The van der Waals surface area contributed by atoms with Crippen molar-refractivity contribution >= 4 is 18.0 Å². The predicted molar refractivity (Wildman–Crippen MR) is 135 cm³/mol. The van der Waals surface area contributed by atoms with Gasteiger partial charge in [0.15, 0.2) is 6.10 Å². The van der Waals surface area contributed by atoms with Crippen LogP contribution in [0.25, 0.3) is 0 Å². The number of piperidine rings is 1. The maximum absolute atomic E-state index is 13.4. The molecule has 1 heterocycles. The van der Waals surface area contributed by atoms with Crippen LogP contribution in [0.4, 0.5) is 4.79 Å². The molecule has 36 heavy (non-hydrogen) atoms. The lowest BCUT2D eigenvalue weighted by Crippen LogP contribution is -2.58. The van der Waals surface area contributed by atoms with E-state index < -0.39 is 41.8 Å². The number of nitrogens with one attached hydrogen (secondary N) is 1. The second-order valence-electron chi connectivity index (χ2n) is 10.0. The molecule has 2 N–H and O–H groups in total. The fourth-order valence-corrected chi connectivity index (χ4v) is 4.18. The lowest BCUT2D eigenvalue weighted by atomic mass is 9.97.